The Morgan fingerprint density at radius 3 is 2.81 bits per heavy atom. The molecule has 4 rings (SSSR count). The van der Waals surface area contributed by atoms with Gasteiger partial charge in [0.2, 0.25) is 5.91 Å². The van der Waals surface area contributed by atoms with E-state index in [2.05, 4.69) is 25.6 Å². The number of fused-ring (bicyclic) bond motifs is 1. The minimum absolute atomic E-state index is 0.101. The van der Waals surface area contributed by atoms with Crippen LogP contribution in [0.3, 0.4) is 0 Å². The Balaban J connectivity index is 1.52. The minimum atomic E-state index is -0.101. The number of nitrogens with zero attached hydrogens (tertiary/aromatic N) is 4. The van der Waals surface area contributed by atoms with Crippen LogP contribution < -0.4 is 5.32 Å². The van der Waals surface area contributed by atoms with Crippen molar-refractivity contribution in [1.82, 2.24) is 25.0 Å². The second-order valence-corrected chi connectivity index (χ2v) is 6.34. The van der Waals surface area contributed by atoms with E-state index >= 15 is 0 Å². The first kappa shape index (κ1) is 16.3. The van der Waals surface area contributed by atoms with Gasteiger partial charge in [0.15, 0.2) is 0 Å². The van der Waals surface area contributed by atoms with Crippen molar-refractivity contribution in [3.05, 3.63) is 59.5 Å². The lowest BCUT2D eigenvalue weighted by Crippen LogP contribution is -2.05. The van der Waals surface area contributed by atoms with Crippen molar-refractivity contribution in [2.75, 3.05) is 5.32 Å². The molecule has 0 atom stereocenters. The molecule has 0 saturated heterocycles. The van der Waals surface area contributed by atoms with Crippen LogP contribution >= 0.6 is 11.6 Å². The zero-order valence-electron chi connectivity index (χ0n) is 13.9. The molecule has 0 spiro atoms. The quantitative estimate of drug-likeness (QED) is 0.578. The SMILES string of the molecule is CC(=O)Nc1ccc(-c2cn(Cc3nc4ccc(Cl)cc4[nH]3)nn2)cc1. The average Bonchev–Trinajstić information content (AvgIpc) is 3.21. The van der Waals surface area contributed by atoms with E-state index < -0.39 is 0 Å². The third-order valence-corrected chi connectivity index (χ3v) is 4.08. The van der Waals surface area contributed by atoms with Crippen molar-refractivity contribution in [3.8, 4) is 11.3 Å². The standard InChI is InChI=1S/C18H15ClN6O/c1-11(26)20-14-5-2-12(3-6-14)17-9-25(24-23-17)10-18-21-15-7-4-13(19)8-16(15)22-18/h2-9H,10H2,1H3,(H,20,26)(H,21,22). The van der Waals surface area contributed by atoms with Crippen molar-refractivity contribution in [3.63, 3.8) is 0 Å². The molecule has 0 aliphatic heterocycles. The number of hydrogen-bond acceptors (Lipinski definition) is 4. The summed E-state index contributed by atoms with van der Waals surface area (Å²) in [6, 6.07) is 13.0. The first-order chi connectivity index (χ1) is 12.6. The van der Waals surface area contributed by atoms with Gasteiger partial charge >= 0.3 is 0 Å². The highest BCUT2D eigenvalue weighted by molar-refractivity contribution is 6.31. The predicted octanol–water partition coefficient (Wildman–Crippen LogP) is 3.48. The first-order valence-corrected chi connectivity index (χ1v) is 8.37. The van der Waals surface area contributed by atoms with Crippen LogP contribution in [0, 0.1) is 0 Å². The number of hydrogen-bond donors (Lipinski definition) is 2. The van der Waals surface area contributed by atoms with E-state index in [-0.39, 0.29) is 5.91 Å². The number of aromatic nitrogens is 5. The van der Waals surface area contributed by atoms with Gasteiger partial charge in [0.25, 0.3) is 0 Å². The van der Waals surface area contributed by atoms with E-state index in [0.717, 1.165) is 33.8 Å². The van der Waals surface area contributed by atoms with Gasteiger partial charge in [-0.1, -0.05) is 28.9 Å². The van der Waals surface area contributed by atoms with E-state index in [1.165, 1.54) is 6.92 Å². The fourth-order valence-corrected chi connectivity index (χ4v) is 2.87. The number of rotatable bonds is 4. The van der Waals surface area contributed by atoms with Gasteiger partial charge in [-0.25, -0.2) is 9.67 Å². The van der Waals surface area contributed by atoms with Crippen LogP contribution in [0.15, 0.2) is 48.7 Å². The summed E-state index contributed by atoms with van der Waals surface area (Å²) in [4.78, 5) is 18.8. The van der Waals surface area contributed by atoms with Gasteiger partial charge in [0.1, 0.15) is 18.1 Å². The molecular weight excluding hydrogens is 352 g/mol. The Morgan fingerprint density at radius 2 is 2.04 bits per heavy atom. The summed E-state index contributed by atoms with van der Waals surface area (Å²) in [5, 5.41) is 11.8. The zero-order valence-corrected chi connectivity index (χ0v) is 14.7. The monoisotopic (exact) mass is 366 g/mol. The second-order valence-electron chi connectivity index (χ2n) is 5.90. The van der Waals surface area contributed by atoms with Crippen molar-refractivity contribution in [2.45, 2.75) is 13.5 Å². The van der Waals surface area contributed by atoms with Gasteiger partial charge in [-0.15, -0.1) is 5.10 Å². The summed E-state index contributed by atoms with van der Waals surface area (Å²) >= 11 is 6.00. The van der Waals surface area contributed by atoms with E-state index in [4.69, 9.17) is 11.6 Å². The molecule has 2 aromatic carbocycles. The van der Waals surface area contributed by atoms with Crippen molar-refractivity contribution >= 4 is 34.2 Å². The zero-order chi connectivity index (χ0) is 18.1. The lowest BCUT2D eigenvalue weighted by molar-refractivity contribution is -0.114. The number of H-pyrrole nitrogens is 1. The molecule has 2 heterocycles. The Kier molecular flexibility index (Phi) is 4.14. The molecule has 0 aliphatic rings. The van der Waals surface area contributed by atoms with Crippen LogP contribution in [0.5, 0.6) is 0 Å². The number of amides is 1. The van der Waals surface area contributed by atoms with Crippen LogP contribution in [0.4, 0.5) is 5.69 Å². The van der Waals surface area contributed by atoms with E-state index in [0.29, 0.717) is 11.6 Å². The Morgan fingerprint density at radius 1 is 1.23 bits per heavy atom. The van der Waals surface area contributed by atoms with Gasteiger partial charge in [-0.05, 0) is 30.3 Å². The average molecular weight is 367 g/mol. The van der Waals surface area contributed by atoms with Crippen LogP contribution in [-0.2, 0) is 11.3 Å². The number of halogens is 1. The van der Waals surface area contributed by atoms with Gasteiger partial charge in [-0.2, -0.15) is 0 Å². The van der Waals surface area contributed by atoms with Gasteiger partial charge in [0.05, 0.1) is 17.2 Å². The molecule has 130 valence electrons. The van der Waals surface area contributed by atoms with Gasteiger partial charge < -0.3 is 10.3 Å². The lowest BCUT2D eigenvalue weighted by Gasteiger charge is -2.02. The molecule has 0 aliphatic carbocycles. The van der Waals surface area contributed by atoms with Gasteiger partial charge in [-0.3, -0.25) is 4.79 Å². The summed E-state index contributed by atoms with van der Waals surface area (Å²) in [5.74, 6) is 0.676. The smallest absolute Gasteiger partial charge is 0.221 e. The highest BCUT2D eigenvalue weighted by atomic mass is 35.5. The molecule has 2 N–H and O–H groups in total. The van der Waals surface area contributed by atoms with Crippen molar-refractivity contribution in [1.29, 1.82) is 0 Å². The molecule has 0 fully saturated rings. The lowest BCUT2D eigenvalue weighted by atomic mass is 10.1. The number of aromatic amines is 1. The molecule has 0 unspecified atom stereocenters. The third-order valence-electron chi connectivity index (χ3n) is 3.84. The van der Waals surface area contributed by atoms with Crippen LogP contribution in [0.25, 0.3) is 22.3 Å². The molecule has 8 heteroatoms. The Labute approximate surface area is 154 Å². The van der Waals surface area contributed by atoms with E-state index in [1.807, 2.05) is 48.7 Å². The van der Waals surface area contributed by atoms with Crippen LogP contribution in [0.2, 0.25) is 5.02 Å². The fraction of sp³-hybridized carbons (Fsp3) is 0.111. The van der Waals surface area contributed by atoms with E-state index in [9.17, 15) is 4.79 Å². The van der Waals surface area contributed by atoms with Crippen molar-refractivity contribution in [2.24, 2.45) is 0 Å². The number of nitrogens with one attached hydrogen (secondary N) is 2. The summed E-state index contributed by atoms with van der Waals surface area (Å²) < 4.78 is 1.72. The summed E-state index contributed by atoms with van der Waals surface area (Å²) in [5.41, 5.74) is 4.16. The molecule has 7 nitrogen and oxygen atoms in total. The molecule has 0 bridgehead atoms. The minimum Gasteiger partial charge on any atom is -0.340 e. The van der Waals surface area contributed by atoms with E-state index in [1.54, 1.807) is 4.68 Å². The first-order valence-electron chi connectivity index (χ1n) is 7.99. The van der Waals surface area contributed by atoms with Crippen molar-refractivity contribution < 1.29 is 4.79 Å². The summed E-state index contributed by atoms with van der Waals surface area (Å²) in [7, 11) is 0. The summed E-state index contributed by atoms with van der Waals surface area (Å²) in [6.07, 6.45) is 1.85. The fourth-order valence-electron chi connectivity index (χ4n) is 2.70. The third kappa shape index (κ3) is 3.43. The molecule has 2 aromatic heterocycles. The highest BCUT2D eigenvalue weighted by Crippen LogP contribution is 2.20. The largest absolute Gasteiger partial charge is 0.340 e. The summed E-state index contributed by atoms with van der Waals surface area (Å²) in [6.45, 7) is 1.95. The molecule has 0 radical (unpaired) electrons. The number of carbonyl (C=O) groups excluding carboxylic acids is 1. The second kappa shape index (κ2) is 6.61. The molecular formula is C18H15ClN6O. The normalized spacial score (nSPS) is 11.0. The van der Waals surface area contributed by atoms with Crippen LogP contribution in [-0.4, -0.2) is 30.9 Å². The highest BCUT2D eigenvalue weighted by Gasteiger charge is 2.08. The molecule has 1 amide bonds. The van der Waals surface area contributed by atoms with Crippen LogP contribution in [0.1, 0.15) is 12.7 Å². The maximum absolute atomic E-state index is 11.1. The predicted molar refractivity (Wildman–Crippen MR) is 100.0 cm³/mol. The number of anilines is 1. The maximum Gasteiger partial charge on any atom is 0.221 e. The maximum atomic E-state index is 11.1. The molecule has 26 heavy (non-hydrogen) atoms. The number of carbonyl (C=O) groups is 1. The Hall–Kier alpha value is -3.19. The topological polar surface area (TPSA) is 88.5 Å². The molecule has 0 saturated carbocycles. The Bertz CT molecular complexity index is 1080. The number of imidazole rings is 1. The number of benzene rings is 2. The molecule has 4 aromatic rings. The van der Waals surface area contributed by atoms with Gasteiger partial charge in [0, 0.05) is 23.2 Å².